The number of ether oxygens (including phenoxy) is 1. The number of carbonyl (C=O) groups is 1. The molecule has 144 valence electrons. The van der Waals surface area contributed by atoms with Gasteiger partial charge in [-0.15, -0.1) is 0 Å². The van der Waals surface area contributed by atoms with Gasteiger partial charge in [0, 0.05) is 30.0 Å². The molecule has 6 heteroatoms. The summed E-state index contributed by atoms with van der Waals surface area (Å²) in [4.78, 5) is 15.0. The number of amides is 1. The van der Waals surface area contributed by atoms with E-state index in [4.69, 9.17) is 16.3 Å². The average Bonchev–Trinajstić information content (AvgIpc) is 3.17. The maximum absolute atomic E-state index is 12.8. The normalized spacial score (nSPS) is 16.4. The van der Waals surface area contributed by atoms with E-state index in [0.29, 0.717) is 16.5 Å². The molecule has 2 aromatic carbocycles. The second-order valence-corrected chi connectivity index (χ2v) is 7.24. The minimum Gasteiger partial charge on any atom is -0.495 e. The van der Waals surface area contributed by atoms with Gasteiger partial charge in [-0.2, -0.15) is 0 Å². The molecular weight excluding hydrogens is 374 g/mol. The summed E-state index contributed by atoms with van der Waals surface area (Å²) in [5.41, 5.74) is 2.96. The number of aromatic nitrogens is 1. The minimum absolute atomic E-state index is 0.0388. The zero-order valence-electron chi connectivity index (χ0n) is 15.6. The first kappa shape index (κ1) is 18.6. The van der Waals surface area contributed by atoms with Gasteiger partial charge in [-0.3, -0.25) is 9.69 Å². The minimum atomic E-state index is -0.0958. The van der Waals surface area contributed by atoms with Crippen LogP contribution in [0.25, 0.3) is 0 Å². The topological polar surface area (TPSA) is 46.5 Å². The fourth-order valence-electron chi connectivity index (χ4n) is 3.77. The summed E-state index contributed by atoms with van der Waals surface area (Å²) in [6, 6.07) is 19.7. The lowest BCUT2D eigenvalue weighted by molar-refractivity contribution is -0.118. The van der Waals surface area contributed by atoms with Gasteiger partial charge in [0.2, 0.25) is 5.91 Å². The second-order valence-electron chi connectivity index (χ2n) is 6.80. The number of anilines is 1. The fraction of sp³-hybridized carbons (Fsp3) is 0.227. The third-order valence-electron chi connectivity index (χ3n) is 5.04. The summed E-state index contributed by atoms with van der Waals surface area (Å²) in [5.74, 6) is 0.492. The highest BCUT2D eigenvalue weighted by Crippen LogP contribution is 2.32. The SMILES string of the molecule is COc1ccc(Cl)cc1NC(=O)CN1CCn2cccc2C1c1ccccc1. The molecule has 0 spiro atoms. The molecule has 0 fully saturated rings. The molecule has 1 amide bonds. The summed E-state index contributed by atoms with van der Waals surface area (Å²) in [6.07, 6.45) is 2.10. The predicted octanol–water partition coefficient (Wildman–Crippen LogP) is 4.19. The van der Waals surface area contributed by atoms with Crippen LogP contribution in [0.2, 0.25) is 5.02 Å². The maximum Gasteiger partial charge on any atom is 0.238 e. The highest BCUT2D eigenvalue weighted by atomic mass is 35.5. The molecule has 0 bridgehead atoms. The van der Waals surface area contributed by atoms with Crippen LogP contribution in [0.15, 0.2) is 66.9 Å². The Balaban J connectivity index is 1.57. The third-order valence-corrected chi connectivity index (χ3v) is 5.27. The lowest BCUT2D eigenvalue weighted by Gasteiger charge is -2.36. The Morgan fingerprint density at radius 1 is 1.14 bits per heavy atom. The Morgan fingerprint density at radius 3 is 2.75 bits per heavy atom. The Kier molecular flexibility index (Phi) is 5.37. The van der Waals surface area contributed by atoms with Crippen molar-refractivity contribution in [3.05, 3.63) is 83.1 Å². The summed E-state index contributed by atoms with van der Waals surface area (Å²) in [6.45, 7) is 1.93. The molecule has 1 aliphatic rings. The molecule has 1 atom stereocenters. The van der Waals surface area contributed by atoms with E-state index >= 15 is 0 Å². The van der Waals surface area contributed by atoms with Gasteiger partial charge >= 0.3 is 0 Å². The average molecular weight is 396 g/mol. The zero-order valence-corrected chi connectivity index (χ0v) is 16.4. The van der Waals surface area contributed by atoms with Crippen molar-refractivity contribution in [2.24, 2.45) is 0 Å². The van der Waals surface area contributed by atoms with Crippen LogP contribution in [-0.2, 0) is 11.3 Å². The van der Waals surface area contributed by atoms with Gasteiger partial charge in [-0.05, 0) is 35.9 Å². The highest BCUT2D eigenvalue weighted by Gasteiger charge is 2.30. The van der Waals surface area contributed by atoms with Crippen LogP contribution in [0, 0.1) is 0 Å². The van der Waals surface area contributed by atoms with E-state index in [9.17, 15) is 4.79 Å². The van der Waals surface area contributed by atoms with Gasteiger partial charge < -0.3 is 14.6 Å². The molecule has 1 N–H and O–H groups in total. The number of rotatable bonds is 5. The van der Waals surface area contributed by atoms with Crippen molar-refractivity contribution >= 4 is 23.2 Å². The number of halogens is 1. The van der Waals surface area contributed by atoms with Gasteiger partial charge in [0.1, 0.15) is 5.75 Å². The summed E-state index contributed by atoms with van der Waals surface area (Å²) in [7, 11) is 1.57. The molecule has 0 saturated heterocycles. The molecule has 0 radical (unpaired) electrons. The number of carbonyl (C=O) groups excluding carboxylic acids is 1. The lowest BCUT2D eigenvalue weighted by atomic mass is 10.00. The van der Waals surface area contributed by atoms with E-state index in [2.05, 4.69) is 45.2 Å². The van der Waals surface area contributed by atoms with Crippen LogP contribution in [0.3, 0.4) is 0 Å². The molecule has 1 unspecified atom stereocenters. The van der Waals surface area contributed by atoms with E-state index in [1.165, 1.54) is 11.3 Å². The van der Waals surface area contributed by atoms with Crippen LogP contribution < -0.4 is 10.1 Å². The quantitative estimate of drug-likeness (QED) is 0.704. The van der Waals surface area contributed by atoms with Crippen LogP contribution >= 0.6 is 11.6 Å². The van der Waals surface area contributed by atoms with E-state index < -0.39 is 0 Å². The summed E-state index contributed by atoms with van der Waals surface area (Å²) in [5, 5.41) is 3.49. The first-order valence-corrected chi connectivity index (χ1v) is 9.61. The van der Waals surface area contributed by atoms with Gasteiger partial charge in [0.15, 0.2) is 0 Å². The largest absolute Gasteiger partial charge is 0.495 e. The van der Waals surface area contributed by atoms with E-state index in [1.54, 1.807) is 25.3 Å². The Bertz CT molecular complexity index is 971. The number of methoxy groups -OCH3 is 1. The van der Waals surface area contributed by atoms with E-state index in [1.807, 2.05) is 18.2 Å². The summed E-state index contributed by atoms with van der Waals surface area (Å²) < 4.78 is 7.58. The molecule has 0 aliphatic carbocycles. The number of fused-ring (bicyclic) bond motifs is 1. The first-order valence-electron chi connectivity index (χ1n) is 9.23. The first-order chi connectivity index (χ1) is 13.7. The molecular formula is C22H22ClN3O2. The van der Waals surface area contributed by atoms with Crippen molar-refractivity contribution < 1.29 is 9.53 Å². The third kappa shape index (κ3) is 3.77. The van der Waals surface area contributed by atoms with Gasteiger partial charge in [-0.25, -0.2) is 0 Å². The van der Waals surface area contributed by atoms with Crippen molar-refractivity contribution in [2.75, 3.05) is 25.5 Å². The fourth-order valence-corrected chi connectivity index (χ4v) is 3.94. The molecule has 28 heavy (non-hydrogen) atoms. The lowest BCUT2D eigenvalue weighted by Crippen LogP contribution is -2.42. The number of nitrogens with zero attached hydrogens (tertiary/aromatic N) is 2. The van der Waals surface area contributed by atoms with Crippen molar-refractivity contribution in [1.29, 1.82) is 0 Å². The van der Waals surface area contributed by atoms with Gasteiger partial charge in [-0.1, -0.05) is 41.9 Å². The van der Waals surface area contributed by atoms with E-state index in [0.717, 1.165) is 13.1 Å². The Morgan fingerprint density at radius 2 is 1.96 bits per heavy atom. The van der Waals surface area contributed by atoms with Crippen LogP contribution in [-0.4, -0.2) is 35.6 Å². The van der Waals surface area contributed by atoms with E-state index in [-0.39, 0.29) is 18.5 Å². The van der Waals surface area contributed by atoms with Crippen molar-refractivity contribution in [3.63, 3.8) is 0 Å². The second kappa shape index (κ2) is 8.09. The van der Waals surface area contributed by atoms with Gasteiger partial charge in [0.25, 0.3) is 0 Å². The Hall–Kier alpha value is -2.76. The molecule has 3 aromatic rings. The van der Waals surface area contributed by atoms with Crippen molar-refractivity contribution in [1.82, 2.24) is 9.47 Å². The van der Waals surface area contributed by atoms with Gasteiger partial charge in [0.05, 0.1) is 25.4 Å². The van der Waals surface area contributed by atoms with Crippen molar-refractivity contribution in [2.45, 2.75) is 12.6 Å². The van der Waals surface area contributed by atoms with Crippen LogP contribution in [0.5, 0.6) is 5.75 Å². The Labute approximate surface area is 169 Å². The molecule has 1 aromatic heterocycles. The van der Waals surface area contributed by atoms with Crippen molar-refractivity contribution in [3.8, 4) is 5.75 Å². The smallest absolute Gasteiger partial charge is 0.238 e. The summed E-state index contributed by atoms with van der Waals surface area (Å²) >= 11 is 6.08. The molecule has 5 nitrogen and oxygen atoms in total. The standard InChI is InChI=1S/C22H22ClN3O2/c1-28-20-10-9-17(23)14-18(20)24-21(27)15-26-13-12-25-11-5-8-19(25)22(26)16-6-3-2-4-7-16/h2-11,14,22H,12-13,15H2,1H3,(H,24,27). The highest BCUT2D eigenvalue weighted by molar-refractivity contribution is 6.31. The zero-order chi connectivity index (χ0) is 19.5. The van der Waals surface area contributed by atoms with Crippen LogP contribution in [0.1, 0.15) is 17.3 Å². The monoisotopic (exact) mass is 395 g/mol. The number of nitrogens with one attached hydrogen (secondary N) is 1. The molecule has 1 aliphatic heterocycles. The maximum atomic E-state index is 12.8. The molecule has 2 heterocycles. The van der Waals surface area contributed by atoms with Crippen LogP contribution in [0.4, 0.5) is 5.69 Å². The number of hydrogen-bond donors (Lipinski definition) is 1. The molecule has 4 rings (SSSR count). The number of benzene rings is 2. The molecule has 0 saturated carbocycles. The number of hydrogen-bond acceptors (Lipinski definition) is 3. The predicted molar refractivity (Wildman–Crippen MR) is 111 cm³/mol.